The summed E-state index contributed by atoms with van der Waals surface area (Å²) in [6.45, 7) is 0. The van der Waals surface area contributed by atoms with Gasteiger partial charge in [0.25, 0.3) is 0 Å². The number of rotatable bonds is 4. The van der Waals surface area contributed by atoms with Crippen LogP contribution in [0.15, 0.2) is 188 Å². The average Bonchev–Trinajstić information content (AvgIpc) is 3.88. The molecule has 3 nitrogen and oxygen atoms in total. The molecule has 0 N–H and O–H groups in total. The molecule has 250 valence electrons. The van der Waals surface area contributed by atoms with Crippen molar-refractivity contribution < 1.29 is 0 Å². The molecule has 2 heterocycles. The van der Waals surface area contributed by atoms with Gasteiger partial charge >= 0.3 is 0 Å². The molecule has 0 fully saturated rings. The van der Waals surface area contributed by atoms with Crippen LogP contribution in [0.1, 0.15) is 22.3 Å². The third-order valence-corrected chi connectivity index (χ3v) is 11.8. The van der Waals surface area contributed by atoms with Crippen LogP contribution >= 0.6 is 0 Å². The third kappa shape index (κ3) is 3.90. The minimum atomic E-state index is -0.464. The minimum Gasteiger partial charge on any atom is -0.292 e. The highest BCUT2D eigenvalue weighted by Gasteiger charge is 2.51. The first-order valence-corrected chi connectivity index (χ1v) is 18.6. The van der Waals surface area contributed by atoms with Gasteiger partial charge in [0.05, 0.1) is 22.1 Å². The van der Waals surface area contributed by atoms with Crippen LogP contribution in [0.2, 0.25) is 0 Å². The number of hydrogen-bond donors (Lipinski definition) is 0. The monoisotopic (exact) mass is 685 g/mol. The Kier molecular flexibility index (Phi) is 5.98. The summed E-state index contributed by atoms with van der Waals surface area (Å²) in [5.41, 5.74) is 16.3. The Morgan fingerprint density at radius 2 is 1.04 bits per heavy atom. The largest absolute Gasteiger partial charge is 0.292 e. The van der Waals surface area contributed by atoms with E-state index in [9.17, 15) is 0 Å². The van der Waals surface area contributed by atoms with Crippen LogP contribution in [0.3, 0.4) is 0 Å². The number of imidazole rings is 1. The lowest BCUT2D eigenvalue weighted by Crippen LogP contribution is -2.26. The van der Waals surface area contributed by atoms with Crippen LogP contribution in [0.4, 0.5) is 0 Å². The van der Waals surface area contributed by atoms with Gasteiger partial charge in [0.15, 0.2) is 0 Å². The van der Waals surface area contributed by atoms with Gasteiger partial charge in [-0.3, -0.25) is 9.55 Å². The second kappa shape index (κ2) is 11.0. The number of nitrogens with zero attached hydrogens (tertiary/aromatic N) is 3. The van der Waals surface area contributed by atoms with Crippen molar-refractivity contribution in [1.82, 2.24) is 14.5 Å². The lowest BCUT2D eigenvalue weighted by Gasteiger charge is -2.31. The van der Waals surface area contributed by atoms with Gasteiger partial charge in [-0.25, -0.2) is 4.98 Å². The van der Waals surface area contributed by atoms with Crippen molar-refractivity contribution in [2.24, 2.45) is 0 Å². The van der Waals surface area contributed by atoms with E-state index in [4.69, 9.17) is 9.97 Å². The second-order valence-corrected chi connectivity index (χ2v) is 14.5. The summed E-state index contributed by atoms with van der Waals surface area (Å²) in [6, 6.07) is 66.4. The topological polar surface area (TPSA) is 30.7 Å². The zero-order chi connectivity index (χ0) is 35.4. The predicted octanol–water partition coefficient (Wildman–Crippen LogP) is 12.4. The highest BCUT2D eigenvalue weighted by atomic mass is 15.1. The van der Waals surface area contributed by atoms with E-state index < -0.39 is 5.41 Å². The molecule has 0 radical (unpaired) electrons. The molecular formula is C51H31N3. The molecule has 10 aromatic rings. The summed E-state index contributed by atoms with van der Waals surface area (Å²) in [5, 5.41) is 5.20. The SMILES string of the molecule is c1ccc(-c2nc3ccccc3n2-c2ccc(-c3cc4c5c(ccc6cc(-c7ccccn7)cc(c65)C45c4ccccc4-c4ccccc45)c3)cc2)cc1. The zero-order valence-corrected chi connectivity index (χ0v) is 29.2. The maximum Gasteiger partial charge on any atom is 0.145 e. The van der Waals surface area contributed by atoms with Gasteiger partial charge in [-0.1, -0.05) is 121 Å². The van der Waals surface area contributed by atoms with Crippen LogP contribution in [0.5, 0.6) is 0 Å². The van der Waals surface area contributed by atoms with E-state index in [2.05, 4.69) is 180 Å². The second-order valence-electron chi connectivity index (χ2n) is 14.5. The molecule has 3 heteroatoms. The van der Waals surface area contributed by atoms with Gasteiger partial charge in [-0.15, -0.1) is 0 Å². The molecule has 0 aliphatic heterocycles. The third-order valence-electron chi connectivity index (χ3n) is 11.8. The van der Waals surface area contributed by atoms with E-state index in [1.165, 1.54) is 66.1 Å². The summed E-state index contributed by atoms with van der Waals surface area (Å²) in [7, 11) is 0. The molecule has 2 aromatic heterocycles. The van der Waals surface area contributed by atoms with E-state index >= 15 is 0 Å². The van der Waals surface area contributed by atoms with Crippen molar-refractivity contribution in [2.75, 3.05) is 0 Å². The van der Waals surface area contributed by atoms with Crippen LogP contribution in [0.25, 0.3) is 83.2 Å². The molecule has 12 rings (SSSR count). The molecule has 2 aliphatic carbocycles. The van der Waals surface area contributed by atoms with E-state index in [0.29, 0.717) is 0 Å². The summed E-state index contributed by atoms with van der Waals surface area (Å²) in [4.78, 5) is 9.89. The van der Waals surface area contributed by atoms with Gasteiger partial charge in [0.2, 0.25) is 0 Å². The average molecular weight is 686 g/mol. The number of pyridine rings is 1. The maximum absolute atomic E-state index is 5.08. The number of benzene rings is 8. The molecule has 2 aliphatic rings. The van der Waals surface area contributed by atoms with Crippen LogP contribution in [0, 0.1) is 0 Å². The van der Waals surface area contributed by atoms with Crippen molar-refractivity contribution in [3.05, 3.63) is 210 Å². The number of hydrogen-bond acceptors (Lipinski definition) is 2. The first kappa shape index (κ1) is 29.5. The Morgan fingerprint density at radius 1 is 0.426 bits per heavy atom. The summed E-state index contributed by atoms with van der Waals surface area (Å²) < 4.78 is 2.28. The first-order valence-electron chi connectivity index (χ1n) is 18.6. The zero-order valence-electron chi connectivity index (χ0n) is 29.2. The Bertz CT molecular complexity index is 3090. The summed E-state index contributed by atoms with van der Waals surface area (Å²) in [6.07, 6.45) is 1.89. The molecule has 8 aromatic carbocycles. The van der Waals surface area contributed by atoms with Crippen molar-refractivity contribution in [3.8, 4) is 50.6 Å². The Labute approximate surface area is 312 Å². The van der Waals surface area contributed by atoms with Gasteiger partial charge in [0.1, 0.15) is 5.82 Å². The van der Waals surface area contributed by atoms with Gasteiger partial charge < -0.3 is 0 Å². The van der Waals surface area contributed by atoms with Crippen molar-refractivity contribution >= 4 is 32.6 Å². The lowest BCUT2D eigenvalue weighted by molar-refractivity contribution is 0.797. The maximum atomic E-state index is 5.08. The Morgan fingerprint density at radius 3 is 1.74 bits per heavy atom. The van der Waals surface area contributed by atoms with Gasteiger partial charge in [-0.2, -0.15) is 0 Å². The normalized spacial score (nSPS) is 13.3. The molecule has 0 unspecified atom stereocenters. The molecule has 0 amide bonds. The fourth-order valence-corrected chi connectivity index (χ4v) is 9.60. The molecule has 0 saturated heterocycles. The highest BCUT2D eigenvalue weighted by molar-refractivity contribution is 6.19. The molecule has 0 bridgehead atoms. The van der Waals surface area contributed by atoms with Gasteiger partial charge in [0, 0.05) is 23.0 Å². The predicted molar refractivity (Wildman–Crippen MR) is 221 cm³/mol. The van der Waals surface area contributed by atoms with Crippen LogP contribution in [-0.4, -0.2) is 14.5 Å². The molecule has 54 heavy (non-hydrogen) atoms. The van der Waals surface area contributed by atoms with E-state index in [-0.39, 0.29) is 0 Å². The highest BCUT2D eigenvalue weighted by Crippen LogP contribution is 2.63. The minimum absolute atomic E-state index is 0.464. The van der Waals surface area contributed by atoms with E-state index in [0.717, 1.165) is 39.4 Å². The smallest absolute Gasteiger partial charge is 0.145 e. The van der Waals surface area contributed by atoms with Crippen molar-refractivity contribution in [1.29, 1.82) is 0 Å². The van der Waals surface area contributed by atoms with E-state index in [1.807, 2.05) is 12.3 Å². The molecule has 0 atom stereocenters. The fourth-order valence-electron chi connectivity index (χ4n) is 9.60. The Balaban J connectivity index is 1.09. The van der Waals surface area contributed by atoms with Crippen molar-refractivity contribution in [2.45, 2.75) is 5.41 Å². The number of aromatic nitrogens is 3. The summed E-state index contributed by atoms with van der Waals surface area (Å²) >= 11 is 0. The Hall–Kier alpha value is -7.10. The quantitative estimate of drug-likeness (QED) is 0.173. The summed E-state index contributed by atoms with van der Waals surface area (Å²) in [5.74, 6) is 0.941. The lowest BCUT2D eigenvalue weighted by atomic mass is 9.69. The molecule has 0 saturated carbocycles. The standard InChI is InChI=1S/C51H31N3/c1-2-12-33(13-3-1)50-53-46-19-8-9-20-47(46)54(50)38-25-23-32(24-26-38)36-28-34-21-22-35-29-37(45-18-10-11-27-52-45)31-44-49(35)48(34)43(30-36)51(44)41-16-6-4-14-39(41)40-15-5-7-17-42(40)51/h1-31H. The molecule has 1 spiro atoms. The van der Waals surface area contributed by atoms with Crippen LogP contribution < -0.4 is 0 Å². The molecular weight excluding hydrogens is 655 g/mol. The number of para-hydroxylation sites is 2. The van der Waals surface area contributed by atoms with Crippen LogP contribution in [-0.2, 0) is 5.41 Å². The first-order chi connectivity index (χ1) is 26.8. The van der Waals surface area contributed by atoms with Crippen molar-refractivity contribution in [3.63, 3.8) is 0 Å². The fraction of sp³-hybridized carbons (Fsp3) is 0.0196. The number of fused-ring (bicyclic) bond motifs is 8. The van der Waals surface area contributed by atoms with Gasteiger partial charge in [-0.05, 0) is 127 Å². The van der Waals surface area contributed by atoms with E-state index in [1.54, 1.807) is 0 Å².